The first-order valence-electron chi connectivity index (χ1n) is 7.39. The van der Waals surface area contributed by atoms with Gasteiger partial charge in [-0.3, -0.25) is 4.55 Å². The molecule has 0 atom stereocenters. The molecule has 0 spiro atoms. The fraction of sp³-hybridized carbons (Fsp3) is 1.00. The fourth-order valence-electron chi connectivity index (χ4n) is 2.01. The van der Waals surface area contributed by atoms with Gasteiger partial charge in [0.2, 0.25) is 0 Å². The maximum Gasteiger partial charge on any atom is 0.397 e. The van der Waals surface area contributed by atoms with Crippen molar-refractivity contribution >= 4 is 10.4 Å². The van der Waals surface area contributed by atoms with Gasteiger partial charge in [-0.15, -0.1) is 0 Å². The molecule has 0 aromatic carbocycles. The van der Waals surface area contributed by atoms with Crippen molar-refractivity contribution in [3.05, 3.63) is 0 Å². The van der Waals surface area contributed by atoms with Gasteiger partial charge in [0.05, 0.1) is 6.61 Å². The Hall–Kier alpha value is -0.340. The van der Waals surface area contributed by atoms with Crippen LogP contribution in [0.1, 0.15) is 70.6 Å². The van der Waals surface area contributed by atoms with Gasteiger partial charge in [-0.05, 0) is 12.8 Å². The van der Waals surface area contributed by atoms with Gasteiger partial charge in [-0.2, -0.15) is 21.6 Å². The number of unbranched alkanes of at least 4 members (excludes halogenated alkanes) is 9. The van der Waals surface area contributed by atoms with E-state index >= 15 is 0 Å². The third-order valence-corrected chi connectivity index (χ3v) is 3.55. The van der Waals surface area contributed by atoms with Gasteiger partial charge in [0.15, 0.2) is 0 Å². The highest BCUT2D eigenvalue weighted by molar-refractivity contribution is 7.80. The third-order valence-electron chi connectivity index (χ3n) is 3.09. The number of hydrogen-bond donors (Lipinski definition) is 1. The lowest BCUT2D eigenvalue weighted by molar-refractivity contribution is -0.135. The number of alkyl halides is 3. The van der Waals surface area contributed by atoms with Gasteiger partial charge >= 0.3 is 16.6 Å². The van der Waals surface area contributed by atoms with E-state index in [0.29, 0.717) is 12.8 Å². The Morgan fingerprint density at radius 3 is 1.52 bits per heavy atom. The molecule has 0 aromatic rings. The molecule has 0 aliphatic carbocycles. The van der Waals surface area contributed by atoms with Crippen LogP contribution in [-0.2, 0) is 14.6 Å². The molecule has 0 fully saturated rings. The first kappa shape index (κ1) is 20.7. The summed E-state index contributed by atoms with van der Waals surface area (Å²) in [6, 6.07) is 0. The summed E-state index contributed by atoms with van der Waals surface area (Å²) in [7, 11) is -4.32. The van der Waals surface area contributed by atoms with E-state index in [2.05, 4.69) is 4.18 Å². The lowest BCUT2D eigenvalue weighted by Crippen LogP contribution is -2.06. The van der Waals surface area contributed by atoms with Crippen molar-refractivity contribution in [3.8, 4) is 0 Å². The van der Waals surface area contributed by atoms with Crippen molar-refractivity contribution in [1.29, 1.82) is 0 Å². The van der Waals surface area contributed by atoms with Crippen molar-refractivity contribution in [3.63, 3.8) is 0 Å². The second-order valence-electron chi connectivity index (χ2n) is 5.15. The van der Waals surface area contributed by atoms with Crippen LogP contribution in [0.3, 0.4) is 0 Å². The second kappa shape index (κ2) is 11.3. The zero-order valence-corrected chi connectivity index (χ0v) is 13.0. The highest BCUT2D eigenvalue weighted by atomic mass is 32.3. The summed E-state index contributed by atoms with van der Waals surface area (Å²) < 4.78 is 68.6. The van der Waals surface area contributed by atoms with E-state index < -0.39 is 23.0 Å². The molecule has 21 heavy (non-hydrogen) atoms. The molecule has 0 aliphatic heterocycles. The maximum atomic E-state index is 11.9. The average molecular weight is 334 g/mol. The Bertz CT molecular complexity index is 342. The normalized spacial score (nSPS) is 12.8. The lowest BCUT2D eigenvalue weighted by atomic mass is 10.1. The highest BCUT2D eigenvalue weighted by Gasteiger charge is 2.25. The average Bonchev–Trinajstić information content (AvgIpc) is 2.32. The monoisotopic (exact) mass is 334 g/mol. The van der Waals surface area contributed by atoms with Crippen molar-refractivity contribution in [2.24, 2.45) is 0 Å². The Balaban J connectivity index is 3.13. The van der Waals surface area contributed by atoms with Crippen molar-refractivity contribution in [2.45, 2.75) is 76.8 Å². The highest BCUT2D eigenvalue weighted by Crippen LogP contribution is 2.23. The molecule has 0 heterocycles. The van der Waals surface area contributed by atoms with Gasteiger partial charge in [0, 0.05) is 6.42 Å². The quantitative estimate of drug-likeness (QED) is 0.393. The van der Waals surface area contributed by atoms with Gasteiger partial charge < -0.3 is 0 Å². The Labute approximate surface area is 125 Å². The summed E-state index contributed by atoms with van der Waals surface area (Å²) in [6.45, 7) is -0.00195. The number of hydrogen-bond acceptors (Lipinski definition) is 3. The topological polar surface area (TPSA) is 63.6 Å². The summed E-state index contributed by atoms with van der Waals surface area (Å²) in [5, 5.41) is 0. The molecule has 8 heteroatoms. The zero-order valence-electron chi connectivity index (χ0n) is 12.2. The predicted molar refractivity (Wildman–Crippen MR) is 74.3 cm³/mol. The van der Waals surface area contributed by atoms with Crippen LogP contribution in [0.4, 0.5) is 13.2 Å². The van der Waals surface area contributed by atoms with Gasteiger partial charge in [-0.1, -0.05) is 51.4 Å². The molecular formula is C13H25F3O4S. The minimum absolute atomic E-state index is 0.00195. The molecule has 0 rings (SSSR count). The first-order chi connectivity index (χ1) is 9.71. The molecule has 0 bridgehead atoms. The summed E-state index contributed by atoms with van der Waals surface area (Å²) in [6.07, 6.45) is 3.41. The van der Waals surface area contributed by atoms with Crippen LogP contribution in [0, 0.1) is 0 Å². The second-order valence-corrected chi connectivity index (χ2v) is 6.24. The summed E-state index contributed by atoms with van der Waals surface area (Å²) >= 11 is 0. The van der Waals surface area contributed by atoms with Crippen LogP contribution in [0.2, 0.25) is 0 Å². The predicted octanol–water partition coefficient (Wildman–Crippen LogP) is 4.66. The van der Waals surface area contributed by atoms with E-state index in [1.165, 1.54) is 0 Å². The van der Waals surface area contributed by atoms with Gasteiger partial charge in [0.1, 0.15) is 0 Å². The smallest absolute Gasteiger partial charge is 0.264 e. The van der Waals surface area contributed by atoms with Crippen LogP contribution in [0.15, 0.2) is 0 Å². The summed E-state index contributed by atoms with van der Waals surface area (Å²) in [5.41, 5.74) is 0. The molecule has 128 valence electrons. The Morgan fingerprint density at radius 1 is 0.762 bits per heavy atom. The Morgan fingerprint density at radius 2 is 1.14 bits per heavy atom. The summed E-state index contributed by atoms with van der Waals surface area (Å²) in [5.74, 6) is 0. The van der Waals surface area contributed by atoms with Crippen LogP contribution in [0.5, 0.6) is 0 Å². The molecule has 0 amide bonds. The van der Waals surface area contributed by atoms with Crippen molar-refractivity contribution in [1.82, 2.24) is 0 Å². The van der Waals surface area contributed by atoms with E-state index in [-0.39, 0.29) is 13.0 Å². The largest absolute Gasteiger partial charge is 0.397 e. The first-order valence-corrected chi connectivity index (χ1v) is 8.76. The van der Waals surface area contributed by atoms with Crippen LogP contribution >= 0.6 is 0 Å². The number of rotatable bonds is 13. The van der Waals surface area contributed by atoms with Crippen LogP contribution < -0.4 is 0 Å². The third kappa shape index (κ3) is 19.7. The van der Waals surface area contributed by atoms with E-state index in [1.54, 1.807) is 0 Å². The molecular weight excluding hydrogens is 309 g/mol. The molecule has 0 unspecified atom stereocenters. The standard InChI is InChI=1S/C13H25F3O4S/c14-13(15,16)11-9-7-5-3-1-2-4-6-8-10-12-20-21(17,18)19/h1-12H2,(H,17,18,19). The van der Waals surface area contributed by atoms with Crippen molar-refractivity contribution < 1.29 is 30.3 Å². The minimum atomic E-state index is -4.32. The van der Waals surface area contributed by atoms with E-state index in [1.807, 2.05) is 0 Å². The molecule has 4 nitrogen and oxygen atoms in total. The van der Waals surface area contributed by atoms with E-state index in [9.17, 15) is 21.6 Å². The molecule has 1 N–H and O–H groups in total. The number of halogens is 3. The molecule has 0 radical (unpaired) electrons. The Kier molecular flexibility index (Phi) is 11.1. The minimum Gasteiger partial charge on any atom is -0.264 e. The van der Waals surface area contributed by atoms with Crippen LogP contribution in [0.25, 0.3) is 0 Å². The van der Waals surface area contributed by atoms with Gasteiger partial charge in [0.25, 0.3) is 0 Å². The maximum absolute atomic E-state index is 11.9. The van der Waals surface area contributed by atoms with Crippen molar-refractivity contribution in [2.75, 3.05) is 6.61 Å². The SMILES string of the molecule is O=S(=O)(O)OCCCCCCCCCCCCC(F)(F)F. The molecule has 0 aromatic heterocycles. The zero-order chi connectivity index (χ0) is 16.2. The lowest BCUT2D eigenvalue weighted by Gasteiger charge is -2.05. The summed E-state index contributed by atoms with van der Waals surface area (Å²) in [4.78, 5) is 0. The molecule has 0 aliphatic rings. The van der Waals surface area contributed by atoms with Crippen LogP contribution in [-0.4, -0.2) is 25.8 Å². The molecule has 0 saturated carbocycles. The van der Waals surface area contributed by atoms with E-state index in [0.717, 1.165) is 44.9 Å². The molecule has 0 saturated heterocycles. The van der Waals surface area contributed by atoms with Gasteiger partial charge in [-0.25, -0.2) is 4.18 Å². The van der Waals surface area contributed by atoms with E-state index in [4.69, 9.17) is 4.55 Å². The fourth-order valence-corrected chi connectivity index (χ4v) is 2.33.